The van der Waals surface area contributed by atoms with E-state index >= 15 is 0 Å². The molecule has 1 aliphatic heterocycles. The molecule has 12 heteroatoms. The Morgan fingerprint density at radius 2 is 1.69 bits per heavy atom. The molecule has 5 unspecified atom stereocenters. The number of carbonyl (C=O) groups excluding carboxylic acids is 1. The Bertz CT molecular complexity index is 1310. The van der Waals surface area contributed by atoms with Crippen LogP contribution in [0.1, 0.15) is 30.1 Å². The van der Waals surface area contributed by atoms with Gasteiger partial charge in [-0.2, -0.15) is 0 Å². The van der Waals surface area contributed by atoms with Gasteiger partial charge in [0.2, 0.25) is 0 Å². The van der Waals surface area contributed by atoms with E-state index in [2.05, 4.69) is 4.90 Å². The van der Waals surface area contributed by atoms with Gasteiger partial charge in [-0.25, -0.2) is 4.79 Å². The van der Waals surface area contributed by atoms with Crippen molar-refractivity contribution in [3.63, 3.8) is 0 Å². The minimum Gasteiger partial charge on any atom is -0.497 e. The number of hydrogen-bond acceptors (Lipinski definition) is 12. The Morgan fingerprint density at radius 1 is 0.978 bits per heavy atom. The fourth-order valence-electron chi connectivity index (χ4n) is 12.1. The van der Waals surface area contributed by atoms with Crippen molar-refractivity contribution in [3.05, 3.63) is 29.8 Å². The monoisotopic (exact) mass is 633 g/mol. The molecule has 0 aromatic heterocycles. The molecule has 1 heterocycles. The third-order valence-electron chi connectivity index (χ3n) is 13.2. The highest BCUT2D eigenvalue weighted by molar-refractivity contribution is 5.89. The van der Waals surface area contributed by atoms with Gasteiger partial charge in [-0.05, 0) is 43.1 Å². The van der Waals surface area contributed by atoms with Gasteiger partial charge in [0.25, 0.3) is 0 Å². The van der Waals surface area contributed by atoms with Crippen LogP contribution in [0.25, 0.3) is 0 Å². The number of ether oxygens (including phenoxy) is 6. The Morgan fingerprint density at radius 3 is 2.27 bits per heavy atom. The van der Waals surface area contributed by atoms with Crippen molar-refractivity contribution in [2.75, 3.05) is 55.2 Å². The van der Waals surface area contributed by atoms with Crippen molar-refractivity contribution in [2.24, 2.45) is 34.5 Å². The van der Waals surface area contributed by atoms with Crippen LogP contribution in [0.4, 0.5) is 0 Å². The van der Waals surface area contributed by atoms with E-state index in [0.717, 1.165) is 0 Å². The SMILES string of the molecule is CCN1C[C@]2(COC)[C@H](O)CC(OC)C34C1C(C(OC)[C@@H]32)[C@]1(O)[C@@H]2[C@H]4C[C@@](O)([C@@H]2OC(=O)c2ccc(OC)cc2)[C@@H](OC)[C@@H]1O. The van der Waals surface area contributed by atoms with Crippen molar-refractivity contribution >= 4 is 5.97 Å². The Kier molecular flexibility index (Phi) is 7.45. The van der Waals surface area contributed by atoms with E-state index in [4.69, 9.17) is 28.4 Å². The lowest BCUT2D eigenvalue weighted by molar-refractivity contribution is -0.320. The molecule has 0 amide bonds. The zero-order valence-electron chi connectivity index (χ0n) is 26.8. The van der Waals surface area contributed by atoms with Gasteiger partial charge in [-0.1, -0.05) is 6.92 Å². The van der Waals surface area contributed by atoms with Gasteiger partial charge in [-0.15, -0.1) is 0 Å². The smallest absolute Gasteiger partial charge is 0.338 e. The molecule has 12 nitrogen and oxygen atoms in total. The van der Waals surface area contributed by atoms with E-state index in [0.29, 0.717) is 25.3 Å². The van der Waals surface area contributed by atoms with Gasteiger partial charge >= 0.3 is 5.97 Å². The zero-order chi connectivity index (χ0) is 32.3. The highest BCUT2D eigenvalue weighted by Gasteiger charge is 2.91. The standard InChI is InChI=1S/C33H47NO11/c1-7-34-14-30(15-40-2)19(35)12-20(42-4)32-18-13-31(38)27(45-29(37)16-8-10-17(41-3)11-9-16)21(18)33(39,26(36)28(31)44-6)22(25(32)34)23(43-5)24(30)32/h8-11,18-28,35-36,38-39H,7,12-15H2,1-6H3/t18-,19-,20?,21-,22?,23?,24-,25?,26+,27-,28+,30+,31-,32?,33-/m1/s1. The molecule has 5 saturated carbocycles. The second kappa shape index (κ2) is 10.6. The minimum absolute atomic E-state index is 0.0861. The fourth-order valence-corrected chi connectivity index (χ4v) is 12.1. The number of benzene rings is 1. The first kappa shape index (κ1) is 31.7. The van der Waals surface area contributed by atoms with Crippen molar-refractivity contribution < 1.29 is 53.6 Å². The quantitative estimate of drug-likeness (QED) is 0.272. The molecule has 6 aliphatic rings. The van der Waals surface area contributed by atoms with Crippen LogP contribution in [0.3, 0.4) is 0 Å². The third kappa shape index (κ3) is 3.56. The van der Waals surface area contributed by atoms with Crippen LogP contribution in [-0.2, 0) is 23.7 Å². The second-order valence-corrected chi connectivity index (χ2v) is 14.2. The van der Waals surface area contributed by atoms with Crippen molar-refractivity contribution in [1.82, 2.24) is 4.90 Å². The summed E-state index contributed by atoms with van der Waals surface area (Å²) in [6, 6.07) is 6.16. The predicted octanol–water partition coefficient (Wildman–Crippen LogP) is 0.0859. The maximum atomic E-state index is 13.7. The van der Waals surface area contributed by atoms with Crippen LogP contribution in [-0.4, -0.2) is 140 Å². The Balaban J connectivity index is 1.45. The number of hydrogen-bond donors (Lipinski definition) is 4. The molecule has 15 atom stereocenters. The van der Waals surface area contributed by atoms with E-state index in [-0.39, 0.29) is 30.6 Å². The van der Waals surface area contributed by atoms with Crippen LogP contribution < -0.4 is 4.74 Å². The molecule has 4 N–H and O–H groups in total. The van der Waals surface area contributed by atoms with Gasteiger partial charge in [0.05, 0.1) is 37.6 Å². The summed E-state index contributed by atoms with van der Waals surface area (Å²) in [5.41, 5.74) is -4.96. The summed E-state index contributed by atoms with van der Waals surface area (Å²) >= 11 is 0. The molecule has 7 rings (SSSR count). The molecule has 1 saturated heterocycles. The van der Waals surface area contributed by atoms with E-state index in [1.54, 1.807) is 45.6 Å². The molecule has 1 aromatic carbocycles. The number of nitrogens with zero attached hydrogens (tertiary/aromatic N) is 1. The molecule has 250 valence electrons. The number of aliphatic hydroxyl groups excluding tert-OH is 2. The molecule has 6 fully saturated rings. The van der Waals surface area contributed by atoms with Crippen molar-refractivity contribution in [1.29, 1.82) is 0 Å². The predicted molar refractivity (Wildman–Crippen MR) is 157 cm³/mol. The molecule has 0 radical (unpaired) electrons. The topological polar surface area (TPSA) is 157 Å². The van der Waals surface area contributed by atoms with Gasteiger partial charge in [0, 0.05) is 76.0 Å². The lowest BCUT2D eigenvalue weighted by Gasteiger charge is -2.70. The first-order valence-corrected chi connectivity index (χ1v) is 16.0. The number of rotatable bonds is 9. The van der Waals surface area contributed by atoms with Crippen LogP contribution >= 0.6 is 0 Å². The van der Waals surface area contributed by atoms with Gasteiger partial charge in [-0.3, -0.25) is 4.90 Å². The number of methoxy groups -OCH3 is 5. The summed E-state index contributed by atoms with van der Waals surface area (Å²) < 4.78 is 35.8. The van der Waals surface area contributed by atoms with E-state index < -0.39 is 82.4 Å². The maximum Gasteiger partial charge on any atom is 0.338 e. The summed E-state index contributed by atoms with van der Waals surface area (Å²) in [7, 11) is 7.80. The highest BCUT2D eigenvalue weighted by atomic mass is 16.6. The van der Waals surface area contributed by atoms with Gasteiger partial charge < -0.3 is 48.8 Å². The van der Waals surface area contributed by atoms with Crippen molar-refractivity contribution in [2.45, 2.75) is 73.6 Å². The minimum atomic E-state index is -1.88. The number of piperidine rings is 1. The summed E-state index contributed by atoms with van der Waals surface area (Å²) in [4.78, 5) is 16.0. The zero-order valence-corrected chi connectivity index (χ0v) is 26.8. The van der Waals surface area contributed by atoms with Gasteiger partial charge in [0.15, 0.2) is 0 Å². The average Bonchev–Trinajstić information content (AvgIpc) is 3.42. The Labute approximate surface area is 263 Å². The second-order valence-electron chi connectivity index (χ2n) is 14.2. The first-order valence-electron chi connectivity index (χ1n) is 16.0. The number of aliphatic hydroxyl groups is 4. The summed E-state index contributed by atoms with van der Waals surface area (Å²) in [5, 5.41) is 49.9. The van der Waals surface area contributed by atoms with E-state index in [1.807, 2.05) is 6.92 Å². The van der Waals surface area contributed by atoms with E-state index in [9.17, 15) is 25.2 Å². The normalized spacial score (nSPS) is 50.8. The van der Waals surface area contributed by atoms with Gasteiger partial charge in [0.1, 0.15) is 35.3 Å². The molecule has 45 heavy (non-hydrogen) atoms. The summed E-state index contributed by atoms with van der Waals surface area (Å²) in [6.07, 6.45) is -5.43. The molecule has 5 aliphatic carbocycles. The molecular weight excluding hydrogens is 586 g/mol. The largest absolute Gasteiger partial charge is 0.497 e. The fraction of sp³-hybridized carbons (Fsp3) is 0.788. The number of esters is 1. The van der Waals surface area contributed by atoms with Crippen LogP contribution in [0, 0.1) is 34.5 Å². The lowest BCUT2D eigenvalue weighted by atomic mass is 9.42. The first-order chi connectivity index (χ1) is 21.5. The molecule has 1 spiro atoms. The maximum absolute atomic E-state index is 13.7. The number of carbonyl (C=O) groups is 1. The number of likely N-dealkylation sites (tertiary alicyclic amines) is 1. The number of fused-ring (bicyclic) bond motifs is 2. The van der Waals surface area contributed by atoms with Crippen LogP contribution in [0.15, 0.2) is 24.3 Å². The third-order valence-corrected chi connectivity index (χ3v) is 13.2. The Hall–Kier alpha value is -1.87. The van der Waals surface area contributed by atoms with Crippen molar-refractivity contribution in [3.8, 4) is 5.75 Å². The highest BCUT2D eigenvalue weighted by Crippen LogP contribution is 2.80. The lowest BCUT2D eigenvalue weighted by Crippen LogP contribution is -2.81. The summed E-state index contributed by atoms with van der Waals surface area (Å²) in [5.74, 6) is -2.50. The molecular formula is C33H47NO11. The van der Waals surface area contributed by atoms with Crippen LogP contribution in [0.5, 0.6) is 5.75 Å². The molecule has 1 aromatic rings. The molecule has 7 bridgehead atoms. The van der Waals surface area contributed by atoms with E-state index in [1.165, 1.54) is 14.2 Å². The average molecular weight is 634 g/mol. The summed E-state index contributed by atoms with van der Waals surface area (Å²) in [6.45, 7) is 3.43. The van der Waals surface area contributed by atoms with Crippen LogP contribution in [0.2, 0.25) is 0 Å².